The average Bonchev–Trinajstić information content (AvgIpc) is 2.28. The number of hydrogen-bond donors (Lipinski definition) is 2. The van der Waals surface area contributed by atoms with Crippen LogP contribution in [0.5, 0.6) is 5.75 Å². The molecule has 18 heavy (non-hydrogen) atoms. The number of carbonyl (C=O) groups is 1. The van der Waals surface area contributed by atoms with Crippen LogP contribution in [0.2, 0.25) is 0 Å². The summed E-state index contributed by atoms with van der Waals surface area (Å²) in [5, 5.41) is 0. The minimum atomic E-state index is -0.358. The Kier molecular flexibility index (Phi) is 5.62. The van der Waals surface area contributed by atoms with Crippen molar-refractivity contribution in [2.24, 2.45) is 17.4 Å². The number of amides is 1. The average molecular weight is 315 g/mol. The summed E-state index contributed by atoms with van der Waals surface area (Å²) in [5.41, 5.74) is 12.1. The Morgan fingerprint density at radius 3 is 2.67 bits per heavy atom. The van der Waals surface area contributed by atoms with Crippen LogP contribution in [0.15, 0.2) is 22.7 Å². The fourth-order valence-corrected chi connectivity index (χ4v) is 1.86. The Morgan fingerprint density at radius 2 is 2.11 bits per heavy atom. The highest BCUT2D eigenvalue weighted by Crippen LogP contribution is 2.24. The molecular weight excluding hydrogens is 296 g/mol. The Hall–Kier alpha value is -1.07. The van der Waals surface area contributed by atoms with Crippen molar-refractivity contribution in [1.29, 1.82) is 0 Å². The van der Waals surface area contributed by atoms with E-state index in [2.05, 4.69) is 15.9 Å². The Morgan fingerprint density at radius 1 is 1.44 bits per heavy atom. The van der Waals surface area contributed by atoms with E-state index in [1.54, 1.807) is 6.92 Å². The van der Waals surface area contributed by atoms with Crippen molar-refractivity contribution in [3.63, 3.8) is 0 Å². The van der Waals surface area contributed by atoms with Crippen LogP contribution in [-0.4, -0.2) is 18.6 Å². The number of benzene rings is 1. The third kappa shape index (κ3) is 4.66. The minimum absolute atomic E-state index is 0.0843. The third-order valence-electron chi connectivity index (χ3n) is 2.54. The zero-order chi connectivity index (χ0) is 13.7. The summed E-state index contributed by atoms with van der Waals surface area (Å²) in [4.78, 5) is 10.9. The van der Waals surface area contributed by atoms with E-state index in [1.807, 2.05) is 25.1 Å². The van der Waals surface area contributed by atoms with Gasteiger partial charge in [-0.25, -0.2) is 0 Å². The summed E-state index contributed by atoms with van der Waals surface area (Å²) >= 11 is 3.48. The molecule has 0 radical (unpaired) electrons. The molecule has 0 aromatic heterocycles. The van der Waals surface area contributed by atoms with E-state index < -0.39 is 0 Å². The molecule has 4 nitrogen and oxygen atoms in total. The first-order chi connectivity index (χ1) is 8.40. The van der Waals surface area contributed by atoms with Gasteiger partial charge in [-0.05, 0) is 37.1 Å². The summed E-state index contributed by atoms with van der Waals surface area (Å²) in [6.45, 7) is 3.98. The Bertz CT molecular complexity index is 421. The van der Waals surface area contributed by atoms with Gasteiger partial charge < -0.3 is 16.2 Å². The lowest BCUT2D eigenvalue weighted by atomic mass is 10.1. The van der Waals surface area contributed by atoms with Crippen LogP contribution in [-0.2, 0) is 11.2 Å². The van der Waals surface area contributed by atoms with Gasteiger partial charge in [-0.15, -0.1) is 0 Å². The fraction of sp³-hybridized carbons (Fsp3) is 0.462. The van der Waals surface area contributed by atoms with Crippen LogP contribution in [0.3, 0.4) is 0 Å². The molecule has 0 aliphatic carbocycles. The number of ether oxygens (including phenoxy) is 1. The molecule has 1 rings (SSSR count). The van der Waals surface area contributed by atoms with E-state index in [0.717, 1.165) is 22.2 Å². The van der Waals surface area contributed by atoms with Crippen molar-refractivity contribution in [2.45, 2.75) is 26.3 Å². The smallest absolute Gasteiger partial charge is 0.223 e. The summed E-state index contributed by atoms with van der Waals surface area (Å²) < 4.78 is 6.55. The molecule has 0 spiro atoms. The summed E-state index contributed by atoms with van der Waals surface area (Å²) in [6, 6.07) is 5.78. The standard InChI is InChI=1S/C13H19BrN2O2/c1-8(13(16)17)7-18-11-3-4-12(14)10(6-11)5-9(2)15/h3-4,6,8-9H,5,7,15H2,1-2H3,(H2,16,17). The minimum Gasteiger partial charge on any atom is -0.493 e. The molecule has 0 bridgehead atoms. The zero-order valence-corrected chi connectivity index (χ0v) is 12.2. The van der Waals surface area contributed by atoms with Gasteiger partial charge in [0.1, 0.15) is 5.75 Å². The van der Waals surface area contributed by atoms with Gasteiger partial charge in [0.15, 0.2) is 0 Å². The van der Waals surface area contributed by atoms with Crippen molar-refractivity contribution in [2.75, 3.05) is 6.61 Å². The van der Waals surface area contributed by atoms with Gasteiger partial charge >= 0.3 is 0 Å². The van der Waals surface area contributed by atoms with Crippen molar-refractivity contribution >= 4 is 21.8 Å². The van der Waals surface area contributed by atoms with Crippen LogP contribution in [0.1, 0.15) is 19.4 Å². The molecule has 0 saturated heterocycles. The van der Waals surface area contributed by atoms with E-state index in [-0.39, 0.29) is 24.5 Å². The van der Waals surface area contributed by atoms with Crippen LogP contribution in [0.25, 0.3) is 0 Å². The van der Waals surface area contributed by atoms with Crippen molar-refractivity contribution in [3.05, 3.63) is 28.2 Å². The highest BCUT2D eigenvalue weighted by atomic mass is 79.9. The molecule has 0 heterocycles. The number of carbonyl (C=O) groups excluding carboxylic acids is 1. The van der Waals surface area contributed by atoms with E-state index in [4.69, 9.17) is 16.2 Å². The molecule has 2 unspecified atom stereocenters. The molecule has 0 aliphatic heterocycles. The predicted octanol–water partition coefficient (Wildman–Crippen LogP) is 1.84. The molecule has 1 amide bonds. The number of hydrogen-bond acceptors (Lipinski definition) is 3. The highest BCUT2D eigenvalue weighted by Gasteiger charge is 2.10. The number of halogens is 1. The third-order valence-corrected chi connectivity index (χ3v) is 3.32. The van der Waals surface area contributed by atoms with Crippen LogP contribution < -0.4 is 16.2 Å². The first-order valence-electron chi connectivity index (χ1n) is 5.86. The van der Waals surface area contributed by atoms with Crippen LogP contribution in [0, 0.1) is 5.92 Å². The number of primary amides is 1. The van der Waals surface area contributed by atoms with Gasteiger partial charge in [-0.3, -0.25) is 4.79 Å². The zero-order valence-electron chi connectivity index (χ0n) is 10.7. The maximum absolute atomic E-state index is 10.9. The SMILES string of the molecule is CC(N)Cc1cc(OCC(C)C(N)=O)ccc1Br. The van der Waals surface area contributed by atoms with Gasteiger partial charge in [0.05, 0.1) is 12.5 Å². The maximum Gasteiger partial charge on any atom is 0.223 e. The van der Waals surface area contributed by atoms with E-state index in [9.17, 15) is 4.79 Å². The maximum atomic E-state index is 10.9. The lowest BCUT2D eigenvalue weighted by molar-refractivity contribution is -0.122. The van der Waals surface area contributed by atoms with Gasteiger partial charge in [0.2, 0.25) is 5.91 Å². The van der Waals surface area contributed by atoms with Gasteiger partial charge in [-0.1, -0.05) is 22.9 Å². The van der Waals surface area contributed by atoms with E-state index >= 15 is 0 Å². The number of rotatable bonds is 6. The van der Waals surface area contributed by atoms with Crippen molar-refractivity contribution in [1.82, 2.24) is 0 Å². The summed E-state index contributed by atoms with van der Waals surface area (Å²) in [7, 11) is 0. The number of nitrogens with two attached hydrogens (primary N) is 2. The second kappa shape index (κ2) is 6.75. The van der Waals surface area contributed by atoms with Gasteiger partial charge in [0.25, 0.3) is 0 Å². The first-order valence-corrected chi connectivity index (χ1v) is 6.65. The van der Waals surface area contributed by atoms with Crippen molar-refractivity contribution < 1.29 is 9.53 Å². The normalized spacial score (nSPS) is 14.0. The van der Waals surface area contributed by atoms with Gasteiger partial charge in [-0.2, -0.15) is 0 Å². The largest absolute Gasteiger partial charge is 0.493 e. The quantitative estimate of drug-likeness (QED) is 0.841. The van der Waals surface area contributed by atoms with E-state index in [1.165, 1.54) is 0 Å². The predicted molar refractivity (Wildman–Crippen MR) is 75.3 cm³/mol. The lowest BCUT2D eigenvalue weighted by Gasteiger charge is -2.13. The van der Waals surface area contributed by atoms with Gasteiger partial charge in [0, 0.05) is 10.5 Å². The van der Waals surface area contributed by atoms with Crippen molar-refractivity contribution in [3.8, 4) is 5.75 Å². The topological polar surface area (TPSA) is 78.3 Å². The summed E-state index contributed by atoms with van der Waals surface area (Å²) in [6.07, 6.45) is 0.767. The molecule has 0 saturated carbocycles. The first kappa shape index (κ1) is 15.0. The highest BCUT2D eigenvalue weighted by molar-refractivity contribution is 9.10. The molecule has 1 aromatic rings. The summed E-state index contributed by atoms with van der Waals surface area (Å²) in [5.74, 6) is 0.0652. The second-order valence-electron chi connectivity index (χ2n) is 4.55. The molecule has 0 fully saturated rings. The molecule has 5 heteroatoms. The Labute approximate surface area is 116 Å². The van der Waals surface area contributed by atoms with Crippen LogP contribution >= 0.6 is 15.9 Å². The molecule has 1 aromatic carbocycles. The monoisotopic (exact) mass is 314 g/mol. The molecular formula is C13H19BrN2O2. The second-order valence-corrected chi connectivity index (χ2v) is 5.40. The molecule has 100 valence electrons. The molecule has 0 aliphatic rings. The van der Waals surface area contributed by atoms with E-state index in [0.29, 0.717) is 0 Å². The van der Waals surface area contributed by atoms with Crippen LogP contribution in [0.4, 0.5) is 0 Å². The lowest BCUT2D eigenvalue weighted by Crippen LogP contribution is -2.25. The molecule has 4 N–H and O–H groups in total. The molecule has 2 atom stereocenters. The fourth-order valence-electron chi connectivity index (χ4n) is 1.45. The Balaban J connectivity index is 2.70.